The number of carbonyl (C=O) groups is 1. The molecule has 1 unspecified atom stereocenters. The number of carbonyl (C=O) groups excluding carboxylic acids is 1. The quantitative estimate of drug-likeness (QED) is 0.498. The maximum atomic E-state index is 12.8. The molecule has 1 aliphatic carbocycles. The summed E-state index contributed by atoms with van der Waals surface area (Å²) in [5, 5.41) is 12.7. The van der Waals surface area contributed by atoms with Gasteiger partial charge in [-0.05, 0) is 42.7 Å². The van der Waals surface area contributed by atoms with Crippen molar-refractivity contribution in [3.8, 4) is 0 Å². The number of para-hydroxylation sites is 1. The molecule has 1 aliphatic rings. The molecule has 3 N–H and O–H groups in total. The summed E-state index contributed by atoms with van der Waals surface area (Å²) in [5.74, 6) is 0.278. The molecule has 0 aliphatic heterocycles. The van der Waals surface area contributed by atoms with E-state index in [9.17, 15) is 13.6 Å². The van der Waals surface area contributed by atoms with E-state index in [2.05, 4.69) is 17.6 Å². The SMILES string of the molecule is CCC(c1ccccc1NC(=O)/C(=C/NC)C(=N)C(F)F)C1CC1. The van der Waals surface area contributed by atoms with E-state index in [0.29, 0.717) is 17.5 Å². The van der Waals surface area contributed by atoms with Gasteiger partial charge < -0.3 is 10.6 Å². The van der Waals surface area contributed by atoms with Crippen LogP contribution in [0.3, 0.4) is 0 Å². The van der Waals surface area contributed by atoms with Crippen molar-refractivity contribution < 1.29 is 13.6 Å². The minimum absolute atomic E-state index is 0.354. The maximum Gasteiger partial charge on any atom is 0.280 e. The lowest BCUT2D eigenvalue weighted by Gasteiger charge is -2.19. The summed E-state index contributed by atoms with van der Waals surface area (Å²) < 4.78 is 25.6. The zero-order valence-electron chi connectivity index (χ0n) is 13.9. The van der Waals surface area contributed by atoms with Gasteiger partial charge in [0.1, 0.15) is 5.71 Å². The van der Waals surface area contributed by atoms with Gasteiger partial charge in [0.25, 0.3) is 12.3 Å². The summed E-state index contributed by atoms with van der Waals surface area (Å²) in [6.45, 7) is 2.11. The third-order valence-corrected chi connectivity index (χ3v) is 4.28. The van der Waals surface area contributed by atoms with Crippen LogP contribution in [-0.4, -0.2) is 25.1 Å². The van der Waals surface area contributed by atoms with Crippen LogP contribution in [-0.2, 0) is 4.79 Å². The van der Waals surface area contributed by atoms with Crippen molar-refractivity contribution in [2.45, 2.75) is 38.5 Å². The predicted octanol–water partition coefficient (Wildman–Crippen LogP) is 3.92. The smallest absolute Gasteiger partial charge is 0.280 e. The van der Waals surface area contributed by atoms with Gasteiger partial charge in [0.2, 0.25) is 0 Å². The molecular weight excluding hydrogens is 312 g/mol. The molecule has 6 heteroatoms. The lowest BCUT2D eigenvalue weighted by atomic mass is 9.90. The van der Waals surface area contributed by atoms with E-state index < -0.39 is 18.0 Å². The van der Waals surface area contributed by atoms with Gasteiger partial charge in [-0.25, -0.2) is 8.78 Å². The molecule has 1 aromatic carbocycles. The second kappa shape index (κ2) is 8.04. The molecule has 1 fully saturated rings. The van der Waals surface area contributed by atoms with Crippen molar-refractivity contribution in [3.63, 3.8) is 0 Å². The van der Waals surface area contributed by atoms with Crippen LogP contribution < -0.4 is 10.6 Å². The Morgan fingerprint density at radius 1 is 1.38 bits per heavy atom. The monoisotopic (exact) mass is 335 g/mol. The van der Waals surface area contributed by atoms with Crippen molar-refractivity contribution in [3.05, 3.63) is 41.6 Å². The van der Waals surface area contributed by atoms with Gasteiger partial charge in [-0.1, -0.05) is 25.1 Å². The van der Waals surface area contributed by atoms with E-state index in [1.807, 2.05) is 12.1 Å². The van der Waals surface area contributed by atoms with Gasteiger partial charge >= 0.3 is 0 Å². The Balaban J connectivity index is 2.25. The van der Waals surface area contributed by atoms with Gasteiger partial charge in [0, 0.05) is 18.9 Å². The van der Waals surface area contributed by atoms with Crippen molar-refractivity contribution in [2.75, 3.05) is 12.4 Å². The first kappa shape index (κ1) is 18.1. The molecule has 0 bridgehead atoms. The summed E-state index contributed by atoms with van der Waals surface area (Å²) in [6.07, 6.45) is 1.46. The minimum Gasteiger partial charge on any atom is -0.393 e. The van der Waals surface area contributed by atoms with Crippen LogP contribution in [0, 0.1) is 11.3 Å². The van der Waals surface area contributed by atoms with Crippen LogP contribution in [0.4, 0.5) is 14.5 Å². The van der Waals surface area contributed by atoms with Crippen LogP contribution in [0.2, 0.25) is 0 Å². The van der Waals surface area contributed by atoms with Gasteiger partial charge in [0.15, 0.2) is 0 Å². The lowest BCUT2D eigenvalue weighted by molar-refractivity contribution is -0.112. The summed E-state index contributed by atoms with van der Waals surface area (Å²) in [7, 11) is 1.50. The molecule has 0 radical (unpaired) electrons. The lowest BCUT2D eigenvalue weighted by Crippen LogP contribution is -2.26. The van der Waals surface area contributed by atoms with Gasteiger partial charge in [-0.2, -0.15) is 0 Å². The van der Waals surface area contributed by atoms with Gasteiger partial charge in [0.05, 0.1) is 5.57 Å². The first-order valence-corrected chi connectivity index (χ1v) is 8.14. The minimum atomic E-state index is -3.00. The highest BCUT2D eigenvalue weighted by Crippen LogP contribution is 2.46. The number of nitrogens with one attached hydrogen (secondary N) is 3. The molecule has 4 nitrogen and oxygen atoms in total. The summed E-state index contributed by atoms with van der Waals surface area (Å²) >= 11 is 0. The Morgan fingerprint density at radius 3 is 2.58 bits per heavy atom. The summed E-state index contributed by atoms with van der Waals surface area (Å²) in [6, 6.07) is 7.48. The first-order chi connectivity index (χ1) is 11.5. The molecule has 2 rings (SSSR count). The number of hydrogen-bond acceptors (Lipinski definition) is 3. The molecule has 0 aromatic heterocycles. The van der Waals surface area contributed by atoms with E-state index in [1.165, 1.54) is 19.9 Å². The van der Waals surface area contributed by atoms with Crippen LogP contribution >= 0.6 is 0 Å². The van der Waals surface area contributed by atoms with E-state index >= 15 is 0 Å². The average Bonchev–Trinajstić information content (AvgIpc) is 3.39. The second-order valence-corrected chi connectivity index (χ2v) is 5.95. The number of alkyl halides is 2. The second-order valence-electron chi connectivity index (χ2n) is 5.95. The highest BCUT2D eigenvalue weighted by Gasteiger charge is 2.32. The van der Waals surface area contributed by atoms with Crippen molar-refractivity contribution in [1.82, 2.24) is 5.32 Å². The number of rotatable bonds is 8. The topological polar surface area (TPSA) is 65.0 Å². The molecular formula is C18H23F2N3O. The number of anilines is 1. The Bertz CT molecular complexity index is 639. The first-order valence-electron chi connectivity index (χ1n) is 8.14. The Hall–Kier alpha value is -2.24. The fourth-order valence-electron chi connectivity index (χ4n) is 2.96. The number of hydrogen-bond donors (Lipinski definition) is 3. The summed E-state index contributed by atoms with van der Waals surface area (Å²) in [4.78, 5) is 12.4. The Kier molecular flexibility index (Phi) is 6.06. The molecule has 1 amide bonds. The van der Waals surface area contributed by atoms with Crippen LogP contribution in [0.1, 0.15) is 37.7 Å². The highest BCUT2D eigenvalue weighted by atomic mass is 19.3. The average molecular weight is 335 g/mol. The largest absolute Gasteiger partial charge is 0.393 e. The zero-order valence-corrected chi connectivity index (χ0v) is 13.9. The molecule has 24 heavy (non-hydrogen) atoms. The van der Waals surface area contributed by atoms with E-state index in [0.717, 1.165) is 18.2 Å². The Morgan fingerprint density at radius 2 is 2.04 bits per heavy atom. The normalized spacial score (nSPS) is 16.0. The van der Waals surface area contributed by atoms with Crippen molar-refractivity contribution in [1.29, 1.82) is 5.41 Å². The van der Waals surface area contributed by atoms with E-state index in [-0.39, 0.29) is 5.57 Å². The van der Waals surface area contributed by atoms with E-state index in [1.54, 1.807) is 12.1 Å². The fraction of sp³-hybridized carbons (Fsp3) is 0.444. The van der Waals surface area contributed by atoms with E-state index in [4.69, 9.17) is 5.41 Å². The van der Waals surface area contributed by atoms with Crippen LogP contribution in [0.5, 0.6) is 0 Å². The van der Waals surface area contributed by atoms with Gasteiger partial charge in [-0.15, -0.1) is 0 Å². The van der Waals surface area contributed by atoms with Crippen LogP contribution in [0.25, 0.3) is 0 Å². The van der Waals surface area contributed by atoms with Gasteiger partial charge in [-0.3, -0.25) is 10.2 Å². The molecule has 1 atom stereocenters. The number of benzene rings is 1. The fourth-order valence-corrected chi connectivity index (χ4v) is 2.96. The number of amides is 1. The molecule has 0 spiro atoms. The number of halogens is 2. The third-order valence-electron chi connectivity index (χ3n) is 4.28. The molecule has 130 valence electrons. The molecule has 0 saturated heterocycles. The molecule has 1 aromatic rings. The summed E-state index contributed by atoms with van der Waals surface area (Å²) in [5.41, 5.74) is 0.309. The highest BCUT2D eigenvalue weighted by molar-refractivity contribution is 6.25. The molecule has 1 saturated carbocycles. The molecule has 0 heterocycles. The zero-order chi connectivity index (χ0) is 17.7. The standard InChI is InChI=1S/C18H23F2N3O/c1-3-12(11-8-9-11)13-6-4-5-7-15(13)23-18(24)14(10-22-2)16(21)17(19)20/h4-7,10-12,17,21-22H,3,8-9H2,1-2H3,(H,23,24)/b14-10+,21-16?. The maximum absolute atomic E-state index is 12.8. The van der Waals surface area contributed by atoms with Crippen molar-refractivity contribution in [2.24, 2.45) is 5.92 Å². The third kappa shape index (κ3) is 4.19. The van der Waals surface area contributed by atoms with Crippen LogP contribution in [0.15, 0.2) is 36.0 Å². The Labute approximate surface area is 140 Å². The predicted molar refractivity (Wildman–Crippen MR) is 91.7 cm³/mol. The van der Waals surface area contributed by atoms with Crippen molar-refractivity contribution >= 4 is 17.3 Å².